The quantitative estimate of drug-likeness (QED) is 0.485. The van der Waals surface area contributed by atoms with Gasteiger partial charge in [0.15, 0.2) is 0 Å². The summed E-state index contributed by atoms with van der Waals surface area (Å²) in [6.07, 6.45) is 0. The molecule has 1 aromatic heterocycles. The van der Waals surface area contributed by atoms with E-state index in [0.29, 0.717) is 0 Å². The zero-order chi connectivity index (χ0) is 17.9. The molecule has 130 valence electrons. The molecule has 3 aromatic carbocycles. The van der Waals surface area contributed by atoms with Crippen molar-refractivity contribution in [2.45, 2.75) is 17.9 Å². The molecule has 4 heteroatoms. The van der Waals surface area contributed by atoms with Crippen molar-refractivity contribution in [2.24, 2.45) is 0 Å². The number of amides is 1. The Morgan fingerprint density at radius 1 is 0.962 bits per heavy atom. The zero-order valence-electron chi connectivity index (χ0n) is 14.4. The first-order valence-corrected chi connectivity index (χ1v) is 9.63. The lowest BCUT2D eigenvalue weighted by Crippen LogP contribution is -2.22. The standard InChI is InChI=1S/C22H19NO2S/c1-15(26-14-16-7-3-2-4-8-16)22(24)23-17-11-12-19-18-9-5-6-10-20(18)25-21(19)13-17/h2-13,15H,14H2,1H3,(H,23,24)/t15-/m1/s1. The molecule has 0 saturated heterocycles. The van der Waals surface area contributed by atoms with Crippen LogP contribution in [0.15, 0.2) is 77.2 Å². The van der Waals surface area contributed by atoms with E-state index in [2.05, 4.69) is 17.4 Å². The molecule has 0 radical (unpaired) electrons. The van der Waals surface area contributed by atoms with Crippen LogP contribution in [0.25, 0.3) is 21.9 Å². The van der Waals surface area contributed by atoms with Gasteiger partial charge in [0.25, 0.3) is 0 Å². The van der Waals surface area contributed by atoms with E-state index in [9.17, 15) is 4.79 Å². The van der Waals surface area contributed by atoms with E-state index >= 15 is 0 Å². The van der Waals surface area contributed by atoms with Gasteiger partial charge < -0.3 is 9.73 Å². The van der Waals surface area contributed by atoms with Crippen LogP contribution in [-0.4, -0.2) is 11.2 Å². The molecule has 26 heavy (non-hydrogen) atoms. The fourth-order valence-electron chi connectivity index (χ4n) is 2.92. The first-order valence-electron chi connectivity index (χ1n) is 8.58. The van der Waals surface area contributed by atoms with Gasteiger partial charge in [-0.3, -0.25) is 4.79 Å². The first-order chi connectivity index (χ1) is 12.7. The number of anilines is 1. The summed E-state index contributed by atoms with van der Waals surface area (Å²) in [5.74, 6) is 0.819. The Balaban J connectivity index is 1.45. The second-order valence-corrected chi connectivity index (χ2v) is 7.57. The van der Waals surface area contributed by atoms with Crippen LogP contribution >= 0.6 is 11.8 Å². The van der Waals surface area contributed by atoms with E-state index in [1.807, 2.05) is 67.6 Å². The summed E-state index contributed by atoms with van der Waals surface area (Å²) < 4.78 is 5.88. The Bertz CT molecular complexity index is 1060. The van der Waals surface area contributed by atoms with Crippen LogP contribution in [0.3, 0.4) is 0 Å². The molecule has 4 rings (SSSR count). The summed E-state index contributed by atoms with van der Waals surface area (Å²) in [5, 5.41) is 5.01. The van der Waals surface area contributed by atoms with Gasteiger partial charge in [-0.05, 0) is 30.7 Å². The van der Waals surface area contributed by atoms with Crippen molar-refractivity contribution in [3.63, 3.8) is 0 Å². The second-order valence-electron chi connectivity index (χ2n) is 6.24. The molecule has 0 bridgehead atoms. The average molecular weight is 361 g/mol. The molecule has 0 unspecified atom stereocenters. The normalized spacial score (nSPS) is 12.3. The molecule has 0 fully saturated rings. The van der Waals surface area contributed by atoms with E-state index < -0.39 is 0 Å². The van der Waals surface area contributed by atoms with Crippen LogP contribution in [-0.2, 0) is 10.5 Å². The zero-order valence-corrected chi connectivity index (χ0v) is 15.3. The highest BCUT2D eigenvalue weighted by Crippen LogP contribution is 2.30. The maximum Gasteiger partial charge on any atom is 0.237 e. The number of carbonyl (C=O) groups is 1. The lowest BCUT2D eigenvalue weighted by atomic mass is 10.1. The minimum Gasteiger partial charge on any atom is -0.456 e. The monoisotopic (exact) mass is 361 g/mol. The number of nitrogens with one attached hydrogen (secondary N) is 1. The highest BCUT2D eigenvalue weighted by molar-refractivity contribution is 7.99. The molecule has 3 nitrogen and oxygen atoms in total. The maximum atomic E-state index is 12.5. The van der Waals surface area contributed by atoms with Crippen molar-refractivity contribution in [2.75, 3.05) is 5.32 Å². The Kier molecular flexibility index (Phi) is 4.67. The molecule has 0 aliphatic carbocycles. The fourth-order valence-corrected chi connectivity index (χ4v) is 3.76. The van der Waals surface area contributed by atoms with Gasteiger partial charge >= 0.3 is 0 Å². The number of para-hydroxylation sites is 1. The van der Waals surface area contributed by atoms with Crippen LogP contribution < -0.4 is 5.32 Å². The van der Waals surface area contributed by atoms with E-state index in [1.54, 1.807) is 11.8 Å². The van der Waals surface area contributed by atoms with Gasteiger partial charge in [-0.25, -0.2) is 0 Å². The SMILES string of the molecule is C[C@@H](SCc1ccccc1)C(=O)Nc1ccc2c(c1)oc1ccccc12. The van der Waals surface area contributed by atoms with Gasteiger partial charge in [-0.1, -0.05) is 48.5 Å². The summed E-state index contributed by atoms with van der Waals surface area (Å²) in [6.45, 7) is 1.93. The van der Waals surface area contributed by atoms with Crippen LogP contribution in [0.2, 0.25) is 0 Å². The number of rotatable bonds is 5. The minimum absolute atomic E-state index is 0.00129. The van der Waals surface area contributed by atoms with Crippen molar-refractivity contribution in [1.82, 2.24) is 0 Å². The number of thioether (sulfide) groups is 1. The van der Waals surface area contributed by atoms with Crippen molar-refractivity contribution >= 4 is 45.3 Å². The third kappa shape index (κ3) is 3.46. The van der Waals surface area contributed by atoms with Crippen molar-refractivity contribution in [3.8, 4) is 0 Å². The predicted molar refractivity (Wildman–Crippen MR) is 110 cm³/mol. The van der Waals surface area contributed by atoms with Gasteiger partial charge in [0.05, 0.1) is 5.25 Å². The van der Waals surface area contributed by atoms with E-state index in [4.69, 9.17) is 4.42 Å². The molecule has 0 aliphatic heterocycles. The molecule has 0 saturated carbocycles. The van der Waals surface area contributed by atoms with E-state index in [1.165, 1.54) is 5.56 Å². The Morgan fingerprint density at radius 2 is 1.69 bits per heavy atom. The van der Waals surface area contributed by atoms with Gasteiger partial charge in [-0.2, -0.15) is 0 Å². The van der Waals surface area contributed by atoms with Gasteiger partial charge in [0.1, 0.15) is 11.2 Å². The molecule has 0 aliphatic rings. The molecule has 1 heterocycles. The van der Waals surface area contributed by atoms with E-state index in [0.717, 1.165) is 33.4 Å². The van der Waals surface area contributed by atoms with Gasteiger partial charge in [-0.15, -0.1) is 11.8 Å². The summed E-state index contributed by atoms with van der Waals surface area (Å²) in [6, 6.07) is 24.0. The Labute approximate surface area is 156 Å². The lowest BCUT2D eigenvalue weighted by molar-refractivity contribution is -0.115. The number of hydrogen-bond acceptors (Lipinski definition) is 3. The fraction of sp³-hybridized carbons (Fsp3) is 0.136. The molecule has 0 spiro atoms. The van der Waals surface area contributed by atoms with Crippen molar-refractivity contribution < 1.29 is 9.21 Å². The Morgan fingerprint density at radius 3 is 2.54 bits per heavy atom. The van der Waals surface area contributed by atoms with Crippen molar-refractivity contribution in [1.29, 1.82) is 0 Å². The highest BCUT2D eigenvalue weighted by Gasteiger charge is 2.15. The number of furan rings is 1. The summed E-state index contributed by atoms with van der Waals surface area (Å²) in [4.78, 5) is 12.5. The highest BCUT2D eigenvalue weighted by atomic mass is 32.2. The molecular weight excluding hydrogens is 342 g/mol. The number of benzene rings is 3. The summed E-state index contributed by atoms with van der Waals surface area (Å²) in [5.41, 5.74) is 3.63. The number of carbonyl (C=O) groups excluding carboxylic acids is 1. The van der Waals surface area contributed by atoms with E-state index in [-0.39, 0.29) is 11.2 Å². The maximum absolute atomic E-state index is 12.5. The molecule has 1 amide bonds. The Hall–Kier alpha value is -2.72. The number of hydrogen-bond donors (Lipinski definition) is 1. The first kappa shape index (κ1) is 16.7. The predicted octanol–water partition coefficient (Wildman–Crippen LogP) is 5.85. The third-order valence-corrected chi connectivity index (χ3v) is 5.57. The largest absolute Gasteiger partial charge is 0.456 e. The van der Waals surface area contributed by atoms with Gasteiger partial charge in [0.2, 0.25) is 5.91 Å². The van der Waals surface area contributed by atoms with Crippen LogP contribution in [0.5, 0.6) is 0 Å². The van der Waals surface area contributed by atoms with Crippen LogP contribution in [0, 0.1) is 0 Å². The third-order valence-electron chi connectivity index (χ3n) is 4.36. The van der Waals surface area contributed by atoms with Crippen LogP contribution in [0.1, 0.15) is 12.5 Å². The minimum atomic E-state index is -0.137. The topological polar surface area (TPSA) is 42.2 Å². The molecule has 1 atom stereocenters. The van der Waals surface area contributed by atoms with Gasteiger partial charge in [0, 0.05) is 28.3 Å². The summed E-state index contributed by atoms with van der Waals surface area (Å²) in [7, 11) is 0. The smallest absolute Gasteiger partial charge is 0.237 e. The second kappa shape index (κ2) is 7.26. The average Bonchev–Trinajstić information content (AvgIpc) is 3.04. The van der Waals surface area contributed by atoms with Crippen molar-refractivity contribution in [3.05, 3.63) is 78.4 Å². The molecular formula is C22H19NO2S. The molecule has 4 aromatic rings. The van der Waals surface area contributed by atoms with Crippen LogP contribution in [0.4, 0.5) is 5.69 Å². The molecule has 1 N–H and O–H groups in total. The number of fused-ring (bicyclic) bond motifs is 3. The summed E-state index contributed by atoms with van der Waals surface area (Å²) >= 11 is 1.63. The lowest BCUT2D eigenvalue weighted by Gasteiger charge is -2.12.